The van der Waals surface area contributed by atoms with Gasteiger partial charge in [0, 0.05) is 49.6 Å². The smallest absolute Gasteiger partial charge is 0.337 e. The average molecular weight is 426 g/mol. The molecule has 1 fully saturated rings. The molecule has 3 aromatic rings. The van der Waals surface area contributed by atoms with Crippen molar-refractivity contribution in [1.82, 2.24) is 15.0 Å². The molecule has 2 aromatic heterocycles. The van der Waals surface area contributed by atoms with Gasteiger partial charge in [0.1, 0.15) is 23.4 Å². The topological polar surface area (TPSA) is 88.4 Å². The monoisotopic (exact) mass is 426 g/mol. The number of rotatable bonds is 5. The summed E-state index contributed by atoms with van der Waals surface area (Å²) in [6.45, 7) is 0. The van der Waals surface area contributed by atoms with Gasteiger partial charge in [-0.1, -0.05) is 0 Å². The first-order valence-electron chi connectivity index (χ1n) is 9.58. The number of hydrogen-bond donors (Lipinski definition) is 1. The van der Waals surface area contributed by atoms with Gasteiger partial charge in [-0.25, -0.2) is 23.5 Å². The van der Waals surface area contributed by atoms with Crippen molar-refractivity contribution in [1.29, 1.82) is 0 Å². The lowest BCUT2D eigenvalue weighted by Gasteiger charge is -2.49. The van der Waals surface area contributed by atoms with Gasteiger partial charge in [-0.3, -0.25) is 4.98 Å². The first-order valence-corrected chi connectivity index (χ1v) is 9.58. The summed E-state index contributed by atoms with van der Waals surface area (Å²) in [4.78, 5) is 26.2. The molecule has 31 heavy (non-hydrogen) atoms. The summed E-state index contributed by atoms with van der Waals surface area (Å²) in [6.07, 6.45) is 3.50. The van der Waals surface area contributed by atoms with Crippen LogP contribution in [0, 0.1) is 5.82 Å². The summed E-state index contributed by atoms with van der Waals surface area (Å²) in [5.41, 5.74) is 0.261. The molecule has 0 atom stereocenters. The predicted molar refractivity (Wildman–Crippen MR) is 109 cm³/mol. The van der Waals surface area contributed by atoms with E-state index in [-0.39, 0.29) is 35.8 Å². The van der Waals surface area contributed by atoms with Crippen molar-refractivity contribution in [2.45, 2.75) is 24.6 Å². The number of esters is 1. The molecule has 160 valence electrons. The van der Waals surface area contributed by atoms with Crippen LogP contribution in [0.3, 0.4) is 0 Å². The van der Waals surface area contributed by atoms with Crippen molar-refractivity contribution < 1.29 is 23.4 Å². The highest BCUT2D eigenvalue weighted by Crippen LogP contribution is 2.48. The number of phenols is 1. The number of aromatic nitrogens is 3. The number of pyridine rings is 1. The minimum Gasteiger partial charge on any atom is -0.507 e. The highest BCUT2D eigenvalue weighted by atomic mass is 19.1. The molecule has 2 heterocycles. The van der Waals surface area contributed by atoms with Gasteiger partial charge in [-0.2, -0.15) is 0 Å². The first-order chi connectivity index (χ1) is 14.9. The lowest BCUT2D eigenvalue weighted by atomic mass is 9.71. The molecule has 0 unspecified atom stereocenters. The number of hydrogen-bond acceptors (Lipinski definition) is 7. The van der Waals surface area contributed by atoms with E-state index in [9.17, 15) is 18.7 Å². The molecule has 4 rings (SSSR count). The summed E-state index contributed by atoms with van der Waals surface area (Å²) in [5, 5.41) is 10.2. The molecule has 0 radical (unpaired) electrons. The van der Waals surface area contributed by atoms with Crippen LogP contribution in [0.25, 0.3) is 11.1 Å². The lowest BCUT2D eigenvalue weighted by Crippen LogP contribution is -2.56. The molecule has 0 spiro atoms. The SMILES string of the molecule is COC(=O)c1ccc(O)c(-c2cnc(N(C)C3(c4ncccc4F)CC(F)C3)nc2)c1. The molecule has 0 bridgehead atoms. The zero-order valence-corrected chi connectivity index (χ0v) is 16.9. The Morgan fingerprint density at radius 3 is 2.55 bits per heavy atom. The van der Waals surface area contributed by atoms with E-state index in [1.54, 1.807) is 11.9 Å². The van der Waals surface area contributed by atoms with E-state index in [1.165, 1.54) is 56.0 Å². The highest BCUT2D eigenvalue weighted by molar-refractivity contribution is 5.91. The maximum absolute atomic E-state index is 14.5. The van der Waals surface area contributed by atoms with Crippen LogP contribution >= 0.6 is 0 Å². The molecular weight excluding hydrogens is 406 g/mol. The molecular formula is C22H20F2N4O3. The molecule has 0 saturated heterocycles. The maximum Gasteiger partial charge on any atom is 0.337 e. The summed E-state index contributed by atoms with van der Waals surface area (Å²) >= 11 is 0. The molecule has 0 amide bonds. The van der Waals surface area contributed by atoms with Crippen LogP contribution in [0.4, 0.5) is 14.7 Å². The molecule has 1 aromatic carbocycles. The molecule has 1 N–H and O–H groups in total. The molecule has 1 aliphatic rings. The second-order valence-corrected chi connectivity index (χ2v) is 7.43. The quantitative estimate of drug-likeness (QED) is 0.623. The Bertz CT molecular complexity index is 1120. The number of anilines is 1. The van der Waals surface area contributed by atoms with Crippen LogP contribution in [0.2, 0.25) is 0 Å². The van der Waals surface area contributed by atoms with E-state index in [0.717, 1.165) is 0 Å². The zero-order valence-electron chi connectivity index (χ0n) is 16.9. The minimum absolute atomic E-state index is 0.0522. The fourth-order valence-electron chi connectivity index (χ4n) is 3.86. The van der Waals surface area contributed by atoms with Crippen molar-refractivity contribution in [2.24, 2.45) is 0 Å². The third-order valence-corrected chi connectivity index (χ3v) is 5.63. The first kappa shape index (κ1) is 20.6. The Hall–Kier alpha value is -3.62. The third kappa shape index (κ3) is 3.56. The van der Waals surface area contributed by atoms with E-state index in [4.69, 9.17) is 4.74 Å². The van der Waals surface area contributed by atoms with Crippen molar-refractivity contribution in [3.63, 3.8) is 0 Å². The van der Waals surface area contributed by atoms with Crippen LogP contribution in [0.15, 0.2) is 48.9 Å². The number of ether oxygens (including phenoxy) is 1. The summed E-state index contributed by atoms with van der Waals surface area (Å²) in [7, 11) is 2.94. The largest absolute Gasteiger partial charge is 0.507 e. The lowest BCUT2D eigenvalue weighted by molar-refractivity contribution is 0.0600. The second-order valence-electron chi connectivity index (χ2n) is 7.43. The fraction of sp³-hybridized carbons (Fsp3) is 0.273. The number of benzene rings is 1. The van der Waals surface area contributed by atoms with Gasteiger partial charge in [0.05, 0.1) is 18.2 Å². The van der Waals surface area contributed by atoms with Crippen LogP contribution in [0.5, 0.6) is 5.75 Å². The molecule has 7 nitrogen and oxygen atoms in total. The maximum atomic E-state index is 14.5. The standard InChI is InChI=1S/C22H20F2N4O3/c1-28(22(9-15(23)10-22)19-17(24)4-3-7-25-19)21-26-11-14(12-27-21)16-8-13(20(30)31-2)5-6-18(16)29/h3-8,11-12,15,29H,9-10H2,1-2H3. The van der Waals surface area contributed by atoms with Crippen LogP contribution < -0.4 is 4.90 Å². The van der Waals surface area contributed by atoms with Crippen molar-refractivity contribution >= 4 is 11.9 Å². The van der Waals surface area contributed by atoms with Gasteiger partial charge in [0.15, 0.2) is 0 Å². The highest BCUT2D eigenvalue weighted by Gasteiger charge is 2.52. The number of carbonyl (C=O) groups excluding carboxylic acids is 1. The van der Waals surface area contributed by atoms with Gasteiger partial charge in [0.2, 0.25) is 5.95 Å². The Labute approximate surface area is 177 Å². The number of carbonyl (C=O) groups is 1. The van der Waals surface area contributed by atoms with E-state index in [1.807, 2.05) is 0 Å². The van der Waals surface area contributed by atoms with Gasteiger partial charge in [-0.05, 0) is 30.3 Å². The predicted octanol–water partition coefficient (Wildman–Crippen LogP) is 3.63. The van der Waals surface area contributed by atoms with Crippen molar-refractivity contribution in [3.05, 3.63) is 66.0 Å². The van der Waals surface area contributed by atoms with E-state index in [0.29, 0.717) is 11.1 Å². The number of nitrogens with zero attached hydrogens (tertiary/aromatic N) is 4. The van der Waals surface area contributed by atoms with Crippen molar-refractivity contribution in [2.75, 3.05) is 19.1 Å². The summed E-state index contributed by atoms with van der Waals surface area (Å²) in [5.74, 6) is -0.848. The average Bonchev–Trinajstić information content (AvgIpc) is 2.77. The summed E-state index contributed by atoms with van der Waals surface area (Å²) in [6, 6.07) is 7.09. The Morgan fingerprint density at radius 1 is 1.23 bits per heavy atom. The molecule has 9 heteroatoms. The van der Waals surface area contributed by atoms with Crippen LogP contribution in [-0.4, -0.2) is 46.4 Å². The normalized spacial score (nSPS) is 20.1. The number of methoxy groups -OCH3 is 1. The van der Waals surface area contributed by atoms with Crippen LogP contribution in [0.1, 0.15) is 28.9 Å². The van der Waals surface area contributed by atoms with Gasteiger partial charge in [0.25, 0.3) is 0 Å². The van der Waals surface area contributed by atoms with E-state index < -0.39 is 23.5 Å². The third-order valence-electron chi connectivity index (χ3n) is 5.63. The molecule has 1 saturated carbocycles. The number of aromatic hydroxyl groups is 1. The van der Waals surface area contributed by atoms with Gasteiger partial charge >= 0.3 is 5.97 Å². The minimum atomic E-state index is -1.07. The van der Waals surface area contributed by atoms with Crippen molar-refractivity contribution in [3.8, 4) is 16.9 Å². The van der Waals surface area contributed by atoms with E-state index in [2.05, 4.69) is 15.0 Å². The second kappa shape index (κ2) is 7.90. The summed E-state index contributed by atoms with van der Waals surface area (Å²) < 4.78 is 33.0. The fourth-order valence-corrected chi connectivity index (χ4v) is 3.86. The Morgan fingerprint density at radius 2 is 1.94 bits per heavy atom. The molecule has 1 aliphatic carbocycles. The Balaban J connectivity index is 1.67. The molecule has 0 aliphatic heterocycles. The number of halogens is 2. The van der Waals surface area contributed by atoms with E-state index >= 15 is 0 Å². The van der Waals surface area contributed by atoms with Gasteiger partial charge in [-0.15, -0.1) is 0 Å². The zero-order chi connectivity index (χ0) is 22.2. The Kier molecular flexibility index (Phi) is 5.26. The number of alkyl halides is 1. The van der Waals surface area contributed by atoms with Crippen LogP contribution in [-0.2, 0) is 10.3 Å². The number of phenolic OH excluding ortho intramolecular Hbond substituents is 1. The van der Waals surface area contributed by atoms with Gasteiger partial charge < -0.3 is 14.7 Å².